The Morgan fingerprint density at radius 1 is 1.35 bits per heavy atom. The lowest BCUT2D eigenvalue weighted by Crippen LogP contribution is -2.11. The van der Waals surface area contributed by atoms with Crippen molar-refractivity contribution in [2.24, 2.45) is 0 Å². The highest BCUT2D eigenvalue weighted by atomic mass is 16.5. The number of ether oxygens (including phenoxy) is 3. The van der Waals surface area contributed by atoms with Crippen LogP contribution < -0.4 is 19.5 Å². The maximum atomic E-state index is 5.71. The van der Waals surface area contributed by atoms with Gasteiger partial charge >= 0.3 is 0 Å². The van der Waals surface area contributed by atoms with E-state index in [1.165, 1.54) is 5.56 Å². The molecule has 0 aliphatic carbocycles. The molecule has 1 N–H and O–H groups in total. The minimum absolute atomic E-state index is 0.728. The second-order valence-corrected chi connectivity index (χ2v) is 4.03. The number of nitrogens with one attached hydrogen (secondary N) is 1. The van der Waals surface area contributed by atoms with Crippen molar-refractivity contribution >= 4 is 0 Å². The molecule has 1 aliphatic heterocycles. The predicted octanol–water partition coefficient (Wildman–Crippen LogP) is 1.40. The van der Waals surface area contributed by atoms with Crippen LogP contribution in [0, 0.1) is 0 Å². The molecule has 0 bridgehead atoms. The molecular formula is C13H19NO3. The molecule has 0 radical (unpaired) electrons. The van der Waals surface area contributed by atoms with Crippen LogP contribution in [0.3, 0.4) is 0 Å². The van der Waals surface area contributed by atoms with Crippen molar-refractivity contribution in [1.29, 1.82) is 0 Å². The highest BCUT2D eigenvalue weighted by molar-refractivity contribution is 5.59. The Morgan fingerprint density at radius 2 is 2.18 bits per heavy atom. The van der Waals surface area contributed by atoms with Gasteiger partial charge in [-0.15, -0.1) is 0 Å². The molecule has 0 spiro atoms. The molecule has 1 heterocycles. The standard InChI is InChI=1S/C13H19NO3/c1-14-6-4-9-8-11(15-2)13(16-3)10-5-7-17-12(9)10/h8,14H,4-7H2,1-3H3. The van der Waals surface area contributed by atoms with Gasteiger partial charge in [0, 0.05) is 12.0 Å². The van der Waals surface area contributed by atoms with Gasteiger partial charge in [-0.3, -0.25) is 0 Å². The summed E-state index contributed by atoms with van der Waals surface area (Å²) in [7, 11) is 5.29. The summed E-state index contributed by atoms with van der Waals surface area (Å²) in [5, 5.41) is 3.15. The summed E-state index contributed by atoms with van der Waals surface area (Å²) in [4.78, 5) is 0. The zero-order valence-corrected chi connectivity index (χ0v) is 10.6. The van der Waals surface area contributed by atoms with Gasteiger partial charge in [-0.05, 0) is 31.6 Å². The van der Waals surface area contributed by atoms with Crippen molar-refractivity contribution in [2.45, 2.75) is 12.8 Å². The summed E-state index contributed by atoms with van der Waals surface area (Å²) >= 11 is 0. The van der Waals surface area contributed by atoms with Crippen molar-refractivity contribution in [1.82, 2.24) is 5.32 Å². The first kappa shape index (κ1) is 12.0. The highest BCUT2D eigenvalue weighted by Crippen LogP contribution is 2.43. The van der Waals surface area contributed by atoms with Crippen LogP contribution in [0.25, 0.3) is 0 Å². The van der Waals surface area contributed by atoms with Gasteiger partial charge in [0.05, 0.1) is 20.8 Å². The Labute approximate surface area is 102 Å². The molecule has 4 heteroatoms. The molecule has 2 rings (SSSR count). The van der Waals surface area contributed by atoms with E-state index in [-0.39, 0.29) is 0 Å². The maximum Gasteiger partial charge on any atom is 0.167 e. The van der Waals surface area contributed by atoms with E-state index in [1.54, 1.807) is 14.2 Å². The second kappa shape index (κ2) is 5.27. The van der Waals surface area contributed by atoms with Gasteiger partial charge in [0.1, 0.15) is 5.75 Å². The third-order valence-electron chi connectivity index (χ3n) is 3.04. The summed E-state index contributed by atoms with van der Waals surface area (Å²) in [6.07, 6.45) is 1.82. The molecule has 0 atom stereocenters. The summed E-state index contributed by atoms with van der Waals surface area (Å²) in [6, 6.07) is 2.01. The smallest absolute Gasteiger partial charge is 0.167 e. The van der Waals surface area contributed by atoms with Crippen LogP contribution in [0.2, 0.25) is 0 Å². The SMILES string of the molecule is CNCCc1cc(OC)c(OC)c2c1OCC2. The highest BCUT2D eigenvalue weighted by Gasteiger charge is 2.24. The van der Waals surface area contributed by atoms with Crippen molar-refractivity contribution in [3.05, 3.63) is 17.2 Å². The molecule has 0 aromatic heterocycles. The van der Waals surface area contributed by atoms with Gasteiger partial charge in [0.2, 0.25) is 0 Å². The minimum Gasteiger partial charge on any atom is -0.493 e. The Hall–Kier alpha value is -1.42. The number of likely N-dealkylation sites (N-methyl/N-ethyl adjacent to an activating group) is 1. The first-order chi connectivity index (χ1) is 8.31. The maximum absolute atomic E-state index is 5.71. The van der Waals surface area contributed by atoms with Crippen LogP contribution in [-0.4, -0.2) is 34.4 Å². The molecule has 1 aliphatic rings. The molecule has 0 saturated heterocycles. The van der Waals surface area contributed by atoms with E-state index in [0.29, 0.717) is 0 Å². The fraction of sp³-hybridized carbons (Fsp3) is 0.538. The Bertz CT molecular complexity index is 404. The zero-order chi connectivity index (χ0) is 12.3. The van der Waals surface area contributed by atoms with E-state index in [4.69, 9.17) is 14.2 Å². The molecule has 1 aromatic rings. The number of hydrogen-bond donors (Lipinski definition) is 1. The van der Waals surface area contributed by atoms with Gasteiger partial charge in [-0.25, -0.2) is 0 Å². The van der Waals surface area contributed by atoms with E-state index in [0.717, 1.165) is 48.8 Å². The Morgan fingerprint density at radius 3 is 2.82 bits per heavy atom. The summed E-state index contributed by atoms with van der Waals surface area (Å²) in [5.74, 6) is 2.59. The number of methoxy groups -OCH3 is 2. The molecule has 0 unspecified atom stereocenters. The number of hydrogen-bond acceptors (Lipinski definition) is 4. The third-order valence-corrected chi connectivity index (χ3v) is 3.04. The lowest BCUT2D eigenvalue weighted by molar-refractivity contribution is 0.346. The normalized spacial score (nSPS) is 13.1. The van der Waals surface area contributed by atoms with Gasteiger partial charge in [0.15, 0.2) is 11.5 Å². The molecule has 4 nitrogen and oxygen atoms in total. The van der Waals surface area contributed by atoms with Gasteiger partial charge in [-0.2, -0.15) is 0 Å². The van der Waals surface area contributed by atoms with Crippen molar-refractivity contribution < 1.29 is 14.2 Å². The fourth-order valence-electron chi connectivity index (χ4n) is 2.22. The van der Waals surface area contributed by atoms with Crippen molar-refractivity contribution in [2.75, 3.05) is 34.4 Å². The van der Waals surface area contributed by atoms with Crippen LogP contribution in [0.1, 0.15) is 11.1 Å². The topological polar surface area (TPSA) is 39.7 Å². The van der Waals surface area contributed by atoms with Crippen LogP contribution >= 0.6 is 0 Å². The van der Waals surface area contributed by atoms with Crippen LogP contribution in [0.15, 0.2) is 6.07 Å². The van der Waals surface area contributed by atoms with Crippen LogP contribution in [-0.2, 0) is 12.8 Å². The predicted molar refractivity (Wildman–Crippen MR) is 66.4 cm³/mol. The molecule has 17 heavy (non-hydrogen) atoms. The van der Waals surface area contributed by atoms with Crippen LogP contribution in [0.4, 0.5) is 0 Å². The van der Waals surface area contributed by atoms with Gasteiger partial charge < -0.3 is 19.5 Å². The molecular weight excluding hydrogens is 218 g/mol. The van der Waals surface area contributed by atoms with Crippen LogP contribution in [0.5, 0.6) is 17.2 Å². The Balaban J connectivity index is 2.43. The van der Waals surface area contributed by atoms with Gasteiger partial charge in [-0.1, -0.05) is 0 Å². The molecule has 0 amide bonds. The van der Waals surface area contributed by atoms with E-state index in [2.05, 4.69) is 5.32 Å². The quantitative estimate of drug-likeness (QED) is 0.840. The van der Waals surface area contributed by atoms with E-state index >= 15 is 0 Å². The number of fused-ring (bicyclic) bond motifs is 1. The van der Waals surface area contributed by atoms with E-state index in [9.17, 15) is 0 Å². The Kier molecular flexibility index (Phi) is 3.74. The van der Waals surface area contributed by atoms with Gasteiger partial charge in [0.25, 0.3) is 0 Å². The largest absolute Gasteiger partial charge is 0.493 e. The molecule has 0 fully saturated rings. The second-order valence-electron chi connectivity index (χ2n) is 4.03. The monoisotopic (exact) mass is 237 g/mol. The van der Waals surface area contributed by atoms with E-state index < -0.39 is 0 Å². The first-order valence-electron chi connectivity index (χ1n) is 5.86. The summed E-state index contributed by atoms with van der Waals surface area (Å²) in [5.41, 5.74) is 2.32. The number of rotatable bonds is 5. The van der Waals surface area contributed by atoms with Crippen molar-refractivity contribution in [3.8, 4) is 17.2 Å². The molecule has 1 aromatic carbocycles. The fourth-order valence-corrected chi connectivity index (χ4v) is 2.22. The lowest BCUT2D eigenvalue weighted by Gasteiger charge is -2.15. The lowest BCUT2D eigenvalue weighted by atomic mass is 10.0. The first-order valence-corrected chi connectivity index (χ1v) is 5.86. The average molecular weight is 237 g/mol. The third kappa shape index (κ3) is 2.17. The molecule has 0 saturated carbocycles. The zero-order valence-electron chi connectivity index (χ0n) is 10.6. The minimum atomic E-state index is 0.728. The van der Waals surface area contributed by atoms with E-state index in [1.807, 2.05) is 13.1 Å². The average Bonchev–Trinajstić information content (AvgIpc) is 2.84. The number of benzene rings is 1. The summed E-state index contributed by atoms with van der Waals surface area (Å²) in [6.45, 7) is 1.65. The van der Waals surface area contributed by atoms with Crippen molar-refractivity contribution in [3.63, 3.8) is 0 Å². The summed E-state index contributed by atoms with van der Waals surface area (Å²) < 4.78 is 16.5. The molecule has 94 valence electrons.